The van der Waals surface area contributed by atoms with Crippen LogP contribution in [0.5, 0.6) is 0 Å². The van der Waals surface area contributed by atoms with Crippen molar-refractivity contribution >= 4 is 18.8 Å². The fraction of sp³-hybridized carbons (Fsp3) is 0.188. The number of nitrogens with zero attached hydrogens (tertiary/aromatic N) is 1. The highest BCUT2D eigenvalue weighted by atomic mass is 28.3. The number of hydrogen-bond donors (Lipinski definition) is 0. The summed E-state index contributed by atoms with van der Waals surface area (Å²) in [7, 11) is -1.43. The molecule has 0 radical (unpaired) electrons. The summed E-state index contributed by atoms with van der Waals surface area (Å²) in [6.45, 7) is 6.62. The maximum atomic E-state index is 9.20. The van der Waals surface area contributed by atoms with Crippen molar-refractivity contribution < 1.29 is 0 Å². The van der Waals surface area contributed by atoms with Crippen LogP contribution < -0.4 is 0 Å². The highest BCUT2D eigenvalue weighted by molar-refractivity contribution is 6.83. The molecule has 0 unspecified atom stereocenters. The quantitative estimate of drug-likeness (QED) is 0.512. The molecule has 0 heterocycles. The van der Waals surface area contributed by atoms with Gasteiger partial charge in [-0.25, -0.2) is 0 Å². The Bertz CT molecular complexity index is 691. The van der Waals surface area contributed by atoms with Crippen molar-refractivity contribution in [1.29, 1.82) is 5.26 Å². The number of nitriles is 1. The molecule has 0 aliphatic heterocycles. The molecule has 0 saturated carbocycles. The van der Waals surface area contributed by atoms with Crippen LogP contribution >= 0.6 is 0 Å². The fourth-order valence-corrected chi connectivity index (χ4v) is 2.25. The summed E-state index contributed by atoms with van der Waals surface area (Å²) < 4.78 is 0. The van der Waals surface area contributed by atoms with E-state index in [9.17, 15) is 5.26 Å². The molecule has 0 aliphatic rings. The maximum Gasteiger partial charge on any atom is 0.129 e. The third-order valence-electron chi connectivity index (χ3n) is 2.61. The number of rotatable bonds is 0. The second kappa shape index (κ2) is 4.68. The van der Waals surface area contributed by atoms with Crippen LogP contribution in [0.2, 0.25) is 19.6 Å². The van der Waals surface area contributed by atoms with Crippen LogP contribution in [0.4, 0.5) is 0 Å². The molecular formula is C16H15NSi. The van der Waals surface area contributed by atoms with Crippen molar-refractivity contribution in [2.75, 3.05) is 0 Å². The first kappa shape index (κ1) is 12.4. The highest BCUT2D eigenvalue weighted by Gasteiger charge is 2.09. The molecule has 0 bridgehead atoms. The predicted molar refractivity (Wildman–Crippen MR) is 78.9 cm³/mol. The van der Waals surface area contributed by atoms with Crippen LogP contribution in [-0.4, -0.2) is 8.07 Å². The molecule has 2 aromatic rings. The van der Waals surface area contributed by atoms with E-state index in [2.05, 4.69) is 43.2 Å². The zero-order valence-corrected chi connectivity index (χ0v) is 11.9. The molecule has 0 saturated heterocycles. The Morgan fingerprint density at radius 1 is 1.00 bits per heavy atom. The van der Waals surface area contributed by atoms with Gasteiger partial charge in [-0.05, 0) is 16.8 Å². The van der Waals surface area contributed by atoms with Crippen LogP contribution in [0.25, 0.3) is 10.8 Å². The van der Waals surface area contributed by atoms with E-state index in [1.54, 1.807) is 0 Å². The van der Waals surface area contributed by atoms with Gasteiger partial charge in [-0.15, -0.1) is 5.54 Å². The summed E-state index contributed by atoms with van der Waals surface area (Å²) in [4.78, 5) is 0. The summed E-state index contributed by atoms with van der Waals surface area (Å²) in [6.07, 6.45) is 0. The van der Waals surface area contributed by atoms with Gasteiger partial charge in [-0.3, -0.25) is 0 Å². The molecule has 2 heteroatoms. The van der Waals surface area contributed by atoms with Crippen LogP contribution in [0.3, 0.4) is 0 Å². The van der Waals surface area contributed by atoms with Crippen LogP contribution in [0.1, 0.15) is 11.1 Å². The lowest BCUT2D eigenvalue weighted by atomic mass is 10.0. The minimum atomic E-state index is -1.43. The molecule has 0 aliphatic carbocycles. The molecule has 2 rings (SSSR count). The fourth-order valence-electron chi connectivity index (χ4n) is 1.75. The Morgan fingerprint density at radius 2 is 1.72 bits per heavy atom. The normalized spacial score (nSPS) is 10.6. The molecule has 0 amide bonds. The summed E-state index contributed by atoms with van der Waals surface area (Å²) in [5.74, 6) is 3.24. The van der Waals surface area contributed by atoms with Gasteiger partial charge >= 0.3 is 0 Å². The largest absolute Gasteiger partial charge is 0.192 e. The van der Waals surface area contributed by atoms with Gasteiger partial charge in [-0.2, -0.15) is 5.26 Å². The average molecular weight is 249 g/mol. The lowest BCUT2D eigenvalue weighted by Crippen LogP contribution is -2.16. The second-order valence-corrected chi connectivity index (χ2v) is 10.1. The molecule has 18 heavy (non-hydrogen) atoms. The minimum absolute atomic E-state index is 0.666. The van der Waals surface area contributed by atoms with Gasteiger partial charge in [0.15, 0.2) is 0 Å². The molecule has 0 atom stereocenters. The van der Waals surface area contributed by atoms with Gasteiger partial charge in [0.05, 0.1) is 5.56 Å². The van der Waals surface area contributed by atoms with Gasteiger partial charge in [-0.1, -0.05) is 55.9 Å². The molecule has 88 valence electrons. The van der Waals surface area contributed by atoms with Crippen molar-refractivity contribution in [2.24, 2.45) is 0 Å². The Hall–Kier alpha value is -2.03. The van der Waals surface area contributed by atoms with Gasteiger partial charge in [0, 0.05) is 5.56 Å². The van der Waals surface area contributed by atoms with Crippen molar-refractivity contribution in [1.82, 2.24) is 0 Å². The van der Waals surface area contributed by atoms with E-state index in [1.165, 1.54) is 0 Å². The molecule has 0 spiro atoms. The Balaban J connectivity index is 2.73. The van der Waals surface area contributed by atoms with E-state index >= 15 is 0 Å². The minimum Gasteiger partial charge on any atom is -0.192 e. The van der Waals surface area contributed by atoms with Gasteiger partial charge < -0.3 is 0 Å². The SMILES string of the molecule is C[Si](C)(C)C#Cc1c(C#N)ccc2ccccc12. The monoisotopic (exact) mass is 249 g/mol. The van der Waals surface area contributed by atoms with E-state index in [4.69, 9.17) is 0 Å². The zero-order valence-electron chi connectivity index (χ0n) is 10.9. The number of fused-ring (bicyclic) bond motifs is 1. The number of benzene rings is 2. The number of hydrogen-bond acceptors (Lipinski definition) is 1. The van der Waals surface area contributed by atoms with E-state index in [0.29, 0.717) is 5.56 Å². The van der Waals surface area contributed by atoms with Crippen molar-refractivity contribution in [3.63, 3.8) is 0 Å². The van der Waals surface area contributed by atoms with Gasteiger partial charge in [0.25, 0.3) is 0 Å². The maximum absolute atomic E-state index is 9.20. The molecule has 1 nitrogen and oxygen atoms in total. The summed E-state index contributed by atoms with van der Waals surface area (Å²) in [5.41, 5.74) is 4.88. The van der Waals surface area contributed by atoms with Crippen LogP contribution in [0.15, 0.2) is 36.4 Å². The van der Waals surface area contributed by atoms with Crippen LogP contribution in [0, 0.1) is 22.8 Å². The predicted octanol–water partition coefficient (Wildman–Crippen LogP) is 3.94. The Labute approximate surface area is 109 Å². The summed E-state index contributed by atoms with van der Waals surface area (Å²) in [6, 6.07) is 14.2. The average Bonchev–Trinajstić information content (AvgIpc) is 2.34. The highest BCUT2D eigenvalue weighted by Crippen LogP contribution is 2.21. The molecule has 0 N–H and O–H groups in total. The van der Waals surface area contributed by atoms with Crippen molar-refractivity contribution in [3.8, 4) is 17.5 Å². The topological polar surface area (TPSA) is 23.8 Å². The van der Waals surface area contributed by atoms with Crippen molar-refractivity contribution in [2.45, 2.75) is 19.6 Å². The zero-order chi connectivity index (χ0) is 13.2. The second-order valence-electron chi connectivity index (χ2n) is 5.32. The lowest BCUT2D eigenvalue weighted by molar-refractivity contribution is 1.48. The van der Waals surface area contributed by atoms with E-state index < -0.39 is 8.07 Å². The van der Waals surface area contributed by atoms with Gasteiger partial charge in [0.1, 0.15) is 14.1 Å². The first-order valence-corrected chi connectivity index (χ1v) is 9.46. The third kappa shape index (κ3) is 2.62. The van der Waals surface area contributed by atoms with Crippen molar-refractivity contribution in [3.05, 3.63) is 47.5 Å². The third-order valence-corrected chi connectivity index (χ3v) is 3.49. The Morgan fingerprint density at radius 3 is 2.39 bits per heavy atom. The lowest BCUT2D eigenvalue weighted by Gasteiger charge is -2.06. The molecule has 0 aromatic heterocycles. The van der Waals surface area contributed by atoms with E-state index in [0.717, 1.165) is 16.3 Å². The van der Waals surface area contributed by atoms with Crippen LogP contribution in [-0.2, 0) is 0 Å². The molecular weight excluding hydrogens is 234 g/mol. The first-order valence-electron chi connectivity index (χ1n) is 5.96. The van der Waals surface area contributed by atoms with Gasteiger partial charge in [0.2, 0.25) is 0 Å². The standard InChI is InChI=1S/C16H15NSi/c1-18(2,3)11-10-16-14(12-17)9-8-13-6-4-5-7-15(13)16/h4-9H,1-3H3. The summed E-state index contributed by atoms with van der Waals surface area (Å²) in [5, 5.41) is 11.4. The molecule has 0 fully saturated rings. The first-order chi connectivity index (χ1) is 8.51. The smallest absolute Gasteiger partial charge is 0.129 e. The summed E-state index contributed by atoms with van der Waals surface area (Å²) >= 11 is 0. The Kier molecular flexibility index (Phi) is 3.23. The molecule has 2 aromatic carbocycles. The van der Waals surface area contributed by atoms with E-state index in [-0.39, 0.29) is 0 Å². The van der Waals surface area contributed by atoms with E-state index in [1.807, 2.05) is 30.3 Å².